The number of ketones is 1. The van der Waals surface area contributed by atoms with Gasteiger partial charge in [-0.15, -0.1) is 11.6 Å². The summed E-state index contributed by atoms with van der Waals surface area (Å²) in [6.07, 6.45) is 0.193. The number of carbonyl (C=O) groups excluding carboxylic acids is 1. The Balaban J connectivity index is 2.56. The molecule has 1 saturated heterocycles. The third-order valence-electron chi connectivity index (χ3n) is 2.48. The second-order valence-corrected chi connectivity index (χ2v) is 3.98. The van der Waals surface area contributed by atoms with Gasteiger partial charge in [0, 0.05) is 19.4 Å². The van der Waals surface area contributed by atoms with Gasteiger partial charge in [-0.3, -0.25) is 4.79 Å². The molecule has 1 aliphatic rings. The number of hydrogen-bond acceptors (Lipinski definition) is 3. The largest absolute Gasteiger partial charge is 0.356 e. The lowest BCUT2D eigenvalue weighted by molar-refractivity contribution is -0.139. The van der Waals surface area contributed by atoms with Gasteiger partial charge in [-0.05, 0) is 6.92 Å². The maximum atomic E-state index is 11.1. The molecule has 4 heteroatoms. The highest BCUT2D eigenvalue weighted by atomic mass is 35.5. The number of methoxy groups -OCH3 is 1. The maximum Gasteiger partial charge on any atom is 0.159 e. The van der Waals surface area contributed by atoms with Crippen LogP contribution in [0, 0.1) is 5.92 Å². The van der Waals surface area contributed by atoms with E-state index in [1.807, 2.05) is 6.92 Å². The molecule has 13 heavy (non-hydrogen) atoms. The second-order valence-electron chi connectivity index (χ2n) is 3.42. The van der Waals surface area contributed by atoms with Crippen LogP contribution >= 0.6 is 11.6 Å². The van der Waals surface area contributed by atoms with Crippen molar-refractivity contribution >= 4 is 17.4 Å². The zero-order valence-electron chi connectivity index (χ0n) is 8.12. The van der Waals surface area contributed by atoms with E-state index in [0.717, 1.165) is 0 Å². The lowest BCUT2D eigenvalue weighted by Crippen LogP contribution is -2.30. The maximum absolute atomic E-state index is 11.1. The van der Waals surface area contributed by atoms with Gasteiger partial charge in [-0.25, -0.2) is 0 Å². The van der Waals surface area contributed by atoms with Crippen LogP contribution in [-0.2, 0) is 14.3 Å². The normalized spacial score (nSPS) is 36.2. The van der Waals surface area contributed by atoms with Gasteiger partial charge in [-0.2, -0.15) is 0 Å². The van der Waals surface area contributed by atoms with E-state index in [2.05, 4.69) is 0 Å². The SMILES string of the molecule is COC1C[C@@H](Cl)[C@@H]([C@H](C)C(C)=O)O1. The van der Waals surface area contributed by atoms with Crippen LogP contribution in [0.4, 0.5) is 0 Å². The summed E-state index contributed by atoms with van der Waals surface area (Å²) in [5.41, 5.74) is 0. The van der Waals surface area contributed by atoms with Crippen LogP contribution in [-0.4, -0.2) is 30.7 Å². The van der Waals surface area contributed by atoms with Gasteiger partial charge in [0.2, 0.25) is 0 Å². The number of carbonyl (C=O) groups is 1. The Morgan fingerprint density at radius 1 is 1.69 bits per heavy atom. The summed E-state index contributed by atoms with van der Waals surface area (Å²) in [6, 6.07) is 0. The van der Waals surface area contributed by atoms with Crippen molar-refractivity contribution in [1.82, 2.24) is 0 Å². The Morgan fingerprint density at radius 2 is 2.31 bits per heavy atom. The summed E-state index contributed by atoms with van der Waals surface area (Å²) in [4.78, 5) is 11.1. The molecule has 0 saturated carbocycles. The lowest BCUT2D eigenvalue weighted by atomic mass is 9.98. The molecule has 76 valence electrons. The van der Waals surface area contributed by atoms with E-state index in [0.29, 0.717) is 6.42 Å². The molecule has 1 unspecified atom stereocenters. The first kappa shape index (κ1) is 11.0. The Labute approximate surface area is 83.3 Å². The monoisotopic (exact) mass is 206 g/mol. The molecule has 4 atom stereocenters. The van der Waals surface area contributed by atoms with Crippen molar-refractivity contribution in [1.29, 1.82) is 0 Å². The van der Waals surface area contributed by atoms with Gasteiger partial charge in [0.15, 0.2) is 6.29 Å². The third kappa shape index (κ3) is 2.42. The fraction of sp³-hybridized carbons (Fsp3) is 0.889. The number of ether oxygens (including phenoxy) is 2. The van der Waals surface area contributed by atoms with Crippen molar-refractivity contribution in [2.45, 2.75) is 38.0 Å². The Kier molecular flexibility index (Phi) is 3.71. The zero-order valence-corrected chi connectivity index (χ0v) is 8.88. The van der Waals surface area contributed by atoms with Gasteiger partial charge in [0.05, 0.1) is 11.5 Å². The molecular weight excluding hydrogens is 192 g/mol. The minimum atomic E-state index is -0.255. The second kappa shape index (κ2) is 4.40. The van der Waals surface area contributed by atoms with Gasteiger partial charge in [0.1, 0.15) is 5.78 Å². The van der Waals surface area contributed by atoms with E-state index in [1.54, 1.807) is 14.0 Å². The smallest absolute Gasteiger partial charge is 0.159 e. The molecule has 0 aromatic rings. The summed E-state index contributed by atoms with van der Waals surface area (Å²) in [5, 5.41) is -0.121. The molecule has 0 radical (unpaired) electrons. The standard InChI is InChI=1S/C9H15ClO3/c1-5(6(2)11)9-7(10)4-8(12-3)13-9/h5,7-9H,4H2,1-3H3/t5-,7-,8?,9-/m1/s1. The molecule has 0 bridgehead atoms. The highest BCUT2D eigenvalue weighted by molar-refractivity contribution is 6.21. The van der Waals surface area contributed by atoms with Crippen LogP contribution in [0.15, 0.2) is 0 Å². The lowest BCUT2D eigenvalue weighted by Gasteiger charge is -2.18. The molecule has 0 aliphatic carbocycles. The first-order valence-corrected chi connectivity index (χ1v) is 4.82. The molecule has 0 aromatic carbocycles. The highest BCUT2D eigenvalue weighted by Crippen LogP contribution is 2.30. The summed E-state index contributed by atoms with van der Waals surface area (Å²) < 4.78 is 10.5. The number of Topliss-reactive ketones (excluding diaryl/α,β-unsaturated/α-hetero) is 1. The van der Waals surface area contributed by atoms with Crippen LogP contribution in [0.3, 0.4) is 0 Å². The van der Waals surface area contributed by atoms with Crippen molar-refractivity contribution in [3.05, 3.63) is 0 Å². The quantitative estimate of drug-likeness (QED) is 0.658. The van der Waals surface area contributed by atoms with Crippen LogP contribution in [0.2, 0.25) is 0 Å². The van der Waals surface area contributed by atoms with Crippen LogP contribution in [0.25, 0.3) is 0 Å². The van der Waals surface area contributed by atoms with E-state index in [-0.39, 0.29) is 29.5 Å². The summed E-state index contributed by atoms with van der Waals surface area (Å²) in [5.74, 6) is -0.0462. The van der Waals surface area contributed by atoms with Crippen molar-refractivity contribution in [3.8, 4) is 0 Å². The fourth-order valence-corrected chi connectivity index (χ4v) is 1.87. The molecule has 1 fully saturated rings. The van der Waals surface area contributed by atoms with E-state index < -0.39 is 0 Å². The van der Waals surface area contributed by atoms with Crippen LogP contribution in [0.1, 0.15) is 20.3 Å². The Bertz CT molecular complexity index is 195. The van der Waals surface area contributed by atoms with Crippen LogP contribution in [0.5, 0.6) is 0 Å². The van der Waals surface area contributed by atoms with Crippen molar-refractivity contribution < 1.29 is 14.3 Å². The number of alkyl halides is 1. The van der Waals surface area contributed by atoms with E-state index >= 15 is 0 Å². The van der Waals surface area contributed by atoms with Crippen molar-refractivity contribution in [2.24, 2.45) is 5.92 Å². The predicted octanol–water partition coefficient (Wildman–Crippen LogP) is 1.58. The van der Waals surface area contributed by atoms with Gasteiger partial charge >= 0.3 is 0 Å². The molecule has 0 aromatic heterocycles. The summed E-state index contributed by atoms with van der Waals surface area (Å²) in [6.45, 7) is 3.39. The first-order chi connectivity index (χ1) is 6.06. The molecule has 0 spiro atoms. The molecule has 1 rings (SSSR count). The Hall–Kier alpha value is -0.120. The van der Waals surface area contributed by atoms with E-state index in [9.17, 15) is 4.79 Å². The third-order valence-corrected chi connectivity index (χ3v) is 2.91. The molecule has 0 amide bonds. The first-order valence-electron chi connectivity index (χ1n) is 4.39. The molecule has 0 N–H and O–H groups in total. The summed E-state index contributed by atoms with van der Waals surface area (Å²) in [7, 11) is 1.58. The van der Waals surface area contributed by atoms with E-state index in [4.69, 9.17) is 21.1 Å². The van der Waals surface area contributed by atoms with Crippen molar-refractivity contribution in [3.63, 3.8) is 0 Å². The topological polar surface area (TPSA) is 35.5 Å². The van der Waals surface area contributed by atoms with Gasteiger partial charge < -0.3 is 9.47 Å². The average molecular weight is 207 g/mol. The van der Waals surface area contributed by atoms with Crippen molar-refractivity contribution in [2.75, 3.05) is 7.11 Å². The summed E-state index contributed by atoms with van der Waals surface area (Å²) >= 11 is 6.03. The highest BCUT2D eigenvalue weighted by Gasteiger charge is 2.38. The van der Waals surface area contributed by atoms with Gasteiger partial charge in [0.25, 0.3) is 0 Å². The molecule has 1 heterocycles. The van der Waals surface area contributed by atoms with Crippen LogP contribution < -0.4 is 0 Å². The average Bonchev–Trinajstić information content (AvgIpc) is 2.45. The minimum absolute atomic E-state index is 0.104. The molecular formula is C9H15ClO3. The zero-order chi connectivity index (χ0) is 10.0. The number of hydrogen-bond donors (Lipinski definition) is 0. The molecule has 3 nitrogen and oxygen atoms in total. The minimum Gasteiger partial charge on any atom is -0.356 e. The number of rotatable bonds is 3. The number of halogens is 1. The predicted molar refractivity (Wildman–Crippen MR) is 49.8 cm³/mol. The van der Waals surface area contributed by atoms with Gasteiger partial charge in [-0.1, -0.05) is 6.92 Å². The fourth-order valence-electron chi connectivity index (χ4n) is 1.45. The van der Waals surface area contributed by atoms with E-state index in [1.165, 1.54) is 0 Å². The molecule has 1 aliphatic heterocycles. The Morgan fingerprint density at radius 3 is 2.69 bits per heavy atom.